The Hall–Kier alpha value is -0.820. The third kappa shape index (κ3) is 4.35. The highest BCUT2D eigenvalue weighted by Crippen LogP contribution is 2.28. The molecule has 1 saturated carbocycles. The lowest BCUT2D eigenvalue weighted by molar-refractivity contribution is 0.289. The van der Waals surface area contributed by atoms with Gasteiger partial charge in [0.25, 0.3) is 0 Å². The predicted molar refractivity (Wildman–Crippen MR) is 83.7 cm³/mol. The first-order valence-corrected chi connectivity index (χ1v) is 7.84. The van der Waals surface area contributed by atoms with Crippen molar-refractivity contribution < 1.29 is 0 Å². The van der Waals surface area contributed by atoms with Gasteiger partial charge in [-0.25, -0.2) is 0 Å². The van der Waals surface area contributed by atoms with E-state index >= 15 is 0 Å². The number of hydrogen-bond acceptors (Lipinski definition) is 1. The lowest BCUT2D eigenvalue weighted by Gasteiger charge is -2.29. The molecule has 1 unspecified atom stereocenters. The topological polar surface area (TPSA) is 12.0 Å². The molecule has 1 atom stereocenters. The van der Waals surface area contributed by atoms with Crippen molar-refractivity contribution in [2.24, 2.45) is 5.41 Å². The van der Waals surface area contributed by atoms with E-state index in [0.29, 0.717) is 11.3 Å². The summed E-state index contributed by atoms with van der Waals surface area (Å²) in [5.41, 5.74) is 3.31. The molecule has 0 heterocycles. The fourth-order valence-electron chi connectivity index (χ4n) is 2.50. The lowest BCUT2D eigenvalue weighted by atomic mass is 9.80. The van der Waals surface area contributed by atoms with E-state index in [-0.39, 0.29) is 0 Å². The standard InChI is InChI=1S/C18H29N/c1-5-18(4,13-19-17-10-11-17)12-15-6-8-16(9-7-15)14(2)3/h6-9,14,17,19H,5,10-13H2,1-4H3. The second kappa shape index (κ2) is 6.09. The van der Waals surface area contributed by atoms with Crippen LogP contribution in [0.5, 0.6) is 0 Å². The maximum absolute atomic E-state index is 3.70. The van der Waals surface area contributed by atoms with E-state index in [9.17, 15) is 0 Å². The van der Waals surface area contributed by atoms with Crippen LogP contribution in [0.4, 0.5) is 0 Å². The van der Waals surface area contributed by atoms with Gasteiger partial charge in [0.1, 0.15) is 0 Å². The molecule has 0 radical (unpaired) electrons. The molecule has 106 valence electrons. The summed E-state index contributed by atoms with van der Waals surface area (Å²) >= 11 is 0. The van der Waals surface area contributed by atoms with Crippen LogP contribution in [0.15, 0.2) is 24.3 Å². The summed E-state index contributed by atoms with van der Waals surface area (Å²) in [7, 11) is 0. The minimum atomic E-state index is 0.391. The molecule has 1 aliphatic rings. The summed E-state index contributed by atoms with van der Waals surface area (Å²) in [5, 5.41) is 3.70. The molecule has 0 aromatic heterocycles. The van der Waals surface area contributed by atoms with E-state index in [0.717, 1.165) is 12.6 Å². The third-order valence-electron chi connectivity index (χ3n) is 4.53. The van der Waals surface area contributed by atoms with E-state index in [1.165, 1.54) is 36.8 Å². The molecule has 0 aliphatic heterocycles. The van der Waals surface area contributed by atoms with Crippen molar-refractivity contribution in [3.8, 4) is 0 Å². The maximum Gasteiger partial charge on any atom is 0.00684 e. The van der Waals surface area contributed by atoms with Crippen LogP contribution in [0.1, 0.15) is 64.0 Å². The molecule has 0 spiro atoms. The summed E-state index contributed by atoms with van der Waals surface area (Å²) in [6, 6.07) is 10.0. The Labute approximate surface area is 118 Å². The molecule has 1 nitrogen and oxygen atoms in total. The third-order valence-corrected chi connectivity index (χ3v) is 4.53. The Morgan fingerprint density at radius 2 is 1.84 bits per heavy atom. The number of hydrogen-bond donors (Lipinski definition) is 1. The first-order valence-electron chi connectivity index (χ1n) is 7.84. The van der Waals surface area contributed by atoms with E-state index in [1.54, 1.807) is 0 Å². The number of rotatable bonds is 7. The van der Waals surface area contributed by atoms with Gasteiger partial charge in [0.05, 0.1) is 0 Å². The van der Waals surface area contributed by atoms with Crippen molar-refractivity contribution in [2.75, 3.05) is 6.54 Å². The maximum atomic E-state index is 3.70. The normalized spacial score (nSPS) is 18.6. The monoisotopic (exact) mass is 259 g/mol. The molecular formula is C18H29N. The van der Waals surface area contributed by atoms with Crippen LogP contribution in [0.2, 0.25) is 0 Å². The zero-order valence-electron chi connectivity index (χ0n) is 13.0. The zero-order chi connectivity index (χ0) is 13.9. The van der Waals surface area contributed by atoms with Crippen molar-refractivity contribution in [3.63, 3.8) is 0 Å². The quantitative estimate of drug-likeness (QED) is 0.759. The first kappa shape index (κ1) is 14.6. The van der Waals surface area contributed by atoms with Gasteiger partial charge >= 0.3 is 0 Å². The van der Waals surface area contributed by atoms with Crippen LogP contribution in [-0.2, 0) is 6.42 Å². The Bertz CT molecular complexity index is 389. The second-order valence-corrected chi connectivity index (χ2v) is 6.89. The molecule has 0 amide bonds. The van der Waals surface area contributed by atoms with Gasteiger partial charge in [-0.3, -0.25) is 0 Å². The van der Waals surface area contributed by atoms with E-state index in [1.807, 2.05) is 0 Å². The summed E-state index contributed by atoms with van der Waals surface area (Å²) in [5.74, 6) is 0.628. The van der Waals surface area contributed by atoms with Crippen molar-refractivity contribution >= 4 is 0 Å². The summed E-state index contributed by atoms with van der Waals surface area (Å²) in [4.78, 5) is 0. The Balaban J connectivity index is 1.95. The second-order valence-electron chi connectivity index (χ2n) is 6.89. The van der Waals surface area contributed by atoms with E-state index < -0.39 is 0 Å². The van der Waals surface area contributed by atoms with Crippen LogP contribution in [0.3, 0.4) is 0 Å². The van der Waals surface area contributed by atoms with Crippen LogP contribution in [0.25, 0.3) is 0 Å². The fraction of sp³-hybridized carbons (Fsp3) is 0.667. The Kier molecular flexibility index (Phi) is 4.67. The van der Waals surface area contributed by atoms with Crippen molar-refractivity contribution in [2.45, 2.75) is 65.3 Å². The van der Waals surface area contributed by atoms with Gasteiger partial charge in [0.2, 0.25) is 0 Å². The van der Waals surface area contributed by atoms with Crippen LogP contribution >= 0.6 is 0 Å². The van der Waals surface area contributed by atoms with Crippen LogP contribution < -0.4 is 5.32 Å². The van der Waals surface area contributed by atoms with E-state index in [4.69, 9.17) is 0 Å². The smallest absolute Gasteiger partial charge is 0.00684 e. The SMILES string of the molecule is CCC(C)(CNC1CC1)Cc1ccc(C(C)C)cc1. The van der Waals surface area contributed by atoms with E-state index in [2.05, 4.69) is 57.3 Å². The minimum absolute atomic E-state index is 0.391. The van der Waals surface area contributed by atoms with Gasteiger partial charge in [-0.05, 0) is 48.1 Å². The highest BCUT2D eigenvalue weighted by Gasteiger charge is 2.27. The van der Waals surface area contributed by atoms with Crippen molar-refractivity contribution in [1.82, 2.24) is 5.32 Å². The Morgan fingerprint density at radius 3 is 2.32 bits per heavy atom. The van der Waals surface area contributed by atoms with Crippen LogP contribution in [0, 0.1) is 5.41 Å². The van der Waals surface area contributed by atoms with Gasteiger partial charge in [-0.2, -0.15) is 0 Å². The molecule has 1 fully saturated rings. The molecule has 2 rings (SSSR count). The van der Waals surface area contributed by atoms with Gasteiger partial charge in [-0.1, -0.05) is 52.0 Å². The minimum Gasteiger partial charge on any atom is -0.313 e. The summed E-state index contributed by atoms with van der Waals surface area (Å²) < 4.78 is 0. The molecule has 1 aromatic rings. The molecule has 1 aromatic carbocycles. The Morgan fingerprint density at radius 1 is 1.21 bits per heavy atom. The molecular weight excluding hydrogens is 230 g/mol. The predicted octanol–water partition coefficient (Wildman–Crippen LogP) is 4.52. The molecule has 1 heteroatoms. The fourth-order valence-corrected chi connectivity index (χ4v) is 2.50. The zero-order valence-corrected chi connectivity index (χ0v) is 13.0. The average molecular weight is 259 g/mol. The van der Waals surface area contributed by atoms with Gasteiger partial charge in [0, 0.05) is 12.6 Å². The lowest BCUT2D eigenvalue weighted by Crippen LogP contribution is -2.34. The van der Waals surface area contributed by atoms with Gasteiger partial charge in [-0.15, -0.1) is 0 Å². The first-order chi connectivity index (χ1) is 9.02. The van der Waals surface area contributed by atoms with Crippen molar-refractivity contribution in [1.29, 1.82) is 0 Å². The summed E-state index contributed by atoms with van der Waals surface area (Å²) in [6.07, 6.45) is 5.17. The molecule has 19 heavy (non-hydrogen) atoms. The number of benzene rings is 1. The van der Waals surface area contributed by atoms with Gasteiger partial charge in [0.15, 0.2) is 0 Å². The van der Waals surface area contributed by atoms with Crippen LogP contribution in [-0.4, -0.2) is 12.6 Å². The molecule has 0 bridgehead atoms. The largest absolute Gasteiger partial charge is 0.313 e. The highest BCUT2D eigenvalue weighted by molar-refractivity contribution is 5.25. The highest BCUT2D eigenvalue weighted by atomic mass is 15.0. The van der Waals surface area contributed by atoms with Crippen molar-refractivity contribution in [3.05, 3.63) is 35.4 Å². The number of nitrogens with one attached hydrogen (secondary N) is 1. The molecule has 1 N–H and O–H groups in total. The molecule has 0 saturated heterocycles. The van der Waals surface area contributed by atoms with Gasteiger partial charge < -0.3 is 5.32 Å². The summed E-state index contributed by atoms with van der Waals surface area (Å²) in [6.45, 7) is 10.4. The molecule has 1 aliphatic carbocycles. The average Bonchev–Trinajstić information content (AvgIpc) is 3.21.